The van der Waals surface area contributed by atoms with Gasteiger partial charge in [0.1, 0.15) is 0 Å². The van der Waals surface area contributed by atoms with E-state index < -0.39 is 17.9 Å². The van der Waals surface area contributed by atoms with Crippen LogP contribution in [0.5, 0.6) is 0 Å². The average molecular weight is 321 g/mol. The van der Waals surface area contributed by atoms with Crippen LogP contribution in [0.3, 0.4) is 0 Å². The molecular formula is C16H23N3O4. The van der Waals surface area contributed by atoms with Crippen molar-refractivity contribution in [2.45, 2.75) is 26.3 Å². The third kappa shape index (κ3) is 8.57. The maximum absolute atomic E-state index is 11.7. The zero-order valence-corrected chi connectivity index (χ0v) is 13.2. The number of carboxylic acids is 1. The molecular weight excluding hydrogens is 298 g/mol. The standard InChI is InChI=1S/C16H23N3O4/c1-2-9-19(12-15(21)22)10-8-14(20)18-16(23)17-11-13-6-4-3-5-7-13/h3-7H,2,8-12H2,1H3,(H,21,22)(H2,17,18,20,23). The number of benzene rings is 1. The molecule has 7 heteroatoms. The Labute approximate surface area is 135 Å². The fourth-order valence-corrected chi connectivity index (χ4v) is 2.05. The van der Waals surface area contributed by atoms with Crippen molar-refractivity contribution in [2.24, 2.45) is 0 Å². The van der Waals surface area contributed by atoms with Crippen LogP contribution in [0.25, 0.3) is 0 Å². The Morgan fingerprint density at radius 2 is 1.83 bits per heavy atom. The summed E-state index contributed by atoms with van der Waals surface area (Å²) in [5.41, 5.74) is 0.936. The Morgan fingerprint density at radius 3 is 2.43 bits per heavy atom. The van der Waals surface area contributed by atoms with E-state index in [-0.39, 0.29) is 13.0 Å². The van der Waals surface area contributed by atoms with Crippen molar-refractivity contribution < 1.29 is 19.5 Å². The van der Waals surface area contributed by atoms with E-state index in [0.717, 1.165) is 12.0 Å². The van der Waals surface area contributed by atoms with Crippen molar-refractivity contribution in [1.82, 2.24) is 15.5 Å². The molecule has 1 aromatic carbocycles. The van der Waals surface area contributed by atoms with Gasteiger partial charge in [-0.05, 0) is 18.5 Å². The molecule has 0 unspecified atom stereocenters. The van der Waals surface area contributed by atoms with Gasteiger partial charge in [-0.3, -0.25) is 19.8 Å². The molecule has 0 heterocycles. The Balaban J connectivity index is 2.28. The maximum Gasteiger partial charge on any atom is 0.321 e. The van der Waals surface area contributed by atoms with Crippen molar-refractivity contribution in [3.63, 3.8) is 0 Å². The van der Waals surface area contributed by atoms with Crippen LogP contribution >= 0.6 is 0 Å². The molecule has 126 valence electrons. The Bertz CT molecular complexity index is 519. The Hall–Kier alpha value is -2.41. The zero-order valence-electron chi connectivity index (χ0n) is 13.2. The smallest absolute Gasteiger partial charge is 0.321 e. The first-order valence-corrected chi connectivity index (χ1v) is 7.57. The highest BCUT2D eigenvalue weighted by Gasteiger charge is 2.12. The summed E-state index contributed by atoms with van der Waals surface area (Å²) in [5.74, 6) is -1.36. The van der Waals surface area contributed by atoms with E-state index in [0.29, 0.717) is 19.6 Å². The molecule has 7 nitrogen and oxygen atoms in total. The lowest BCUT2D eigenvalue weighted by Gasteiger charge is -2.18. The molecule has 3 amide bonds. The normalized spacial score (nSPS) is 10.3. The monoisotopic (exact) mass is 321 g/mol. The molecule has 0 bridgehead atoms. The van der Waals surface area contributed by atoms with Crippen LogP contribution in [0, 0.1) is 0 Å². The van der Waals surface area contributed by atoms with Crippen LogP contribution < -0.4 is 10.6 Å². The number of aliphatic carboxylic acids is 1. The topological polar surface area (TPSA) is 98.7 Å². The van der Waals surface area contributed by atoms with E-state index in [4.69, 9.17) is 5.11 Å². The Morgan fingerprint density at radius 1 is 1.13 bits per heavy atom. The van der Waals surface area contributed by atoms with E-state index in [1.807, 2.05) is 37.3 Å². The van der Waals surface area contributed by atoms with Crippen molar-refractivity contribution in [2.75, 3.05) is 19.6 Å². The number of carbonyl (C=O) groups excluding carboxylic acids is 2. The molecule has 0 aliphatic rings. The lowest BCUT2D eigenvalue weighted by molar-refractivity contribution is -0.138. The number of nitrogens with one attached hydrogen (secondary N) is 2. The predicted octanol–water partition coefficient (Wildman–Crippen LogP) is 1.20. The van der Waals surface area contributed by atoms with Crippen molar-refractivity contribution in [3.8, 4) is 0 Å². The molecule has 0 saturated carbocycles. The molecule has 1 rings (SSSR count). The van der Waals surface area contributed by atoms with Gasteiger partial charge >= 0.3 is 12.0 Å². The molecule has 0 radical (unpaired) electrons. The summed E-state index contributed by atoms with van der Waals surface area (Å²) in [6.45, 7) is 3.06. The number of imide groups is 1. The summed E-state index contributed by atoms with van der Waals surface area (Å²) >= 11 is 0. The van der Waals surface area contributed by atoms with Crippen LogP contribution in [-0.2, 0) is 16.1 Å². The lowest BCUT2D eigenvalue weighted by Crippen LogP contribution is -2.41. The summed E-state index contributed by atoms with van der Waals surface area (Å²) in [6.07, 6.45) is 0.874. The van der Waals surface area contributed by atoms with E-state index in [1.165, 1.54) is 0 Å². The molecule has 0 spiro atoms. The van der Waals surface area contributed by atoms with Gasteiger partial charge in [0.2, 0.25) is 5.91 Å². The second-order valence-corrected chi connectivity index (χ2v) is 5.14. The first kappa shape index (κ1) is 18.6. The summed E-state index contributed by atoms with van der Waals surface area (Å²) in [5, 5.41) is 13.6. The molecule has 0 aliphatic heterocycles. The largest absolute Gasteiger partial charge is 0.480 e. The molecule has 0 aromatic heterocycles. The number of hydrogen-bond acceptors (Lipinski definition) is 4. The number of carbonyl (C=O) groups is 3. The molecule has 23 heavy (non-hydrogen) atoms. The van der Waals surface area contributed by atoms with Gasteiger partial charge in [0.05, 0.1) is 6.54 Å². The second kappa shape index (κ2) is 10.3. The average Bonchev–Trinajstić information content (AvgIpc) is 2.51. The quantitative estimate of drug-likeness (QED) is 0.635. The third-order valence-electron chi connectivity index (χ3n) is 3.10. The highest BCUT2D eigenvalue weighted by molar-refractivity contribution is 5.94. The van der Waals surface area contributed by atoms with Crippen molar-refractivity contribution in [1.29, 1.82) is 0 Å². The maximum atomic E-state index is 11.7. The van der Waals surface area contributed by atoms with Crippen LogP contribution in [0.4, 0.5) is 4.79 Å². The lowest BCUT2D eigenvalue weighted by atomic mass is 10.2. The summed E-state index contributed by atoms with van der Waals surface area (Å²) < 4.78 is 0. The summed E-state index contributed by atoms with van der Waals surface area (Å²) in [6, 6.07) is 8.80. The van der Waals surface area contributed by atoms with Gasteiger partial charge in [-0.2, -0.15) is 0 Å². The van der Waals surface area contributed by atoms with Crippen molar-refractivity contribution in [3.05, 3.63) is 35.9 Å². The van der Waals surface area contributed by atoms with E-state index in [9.17, 15) is 14.4 Å². The first-order chi connectivity index (χ1) is 11.0. The number of carboxylic acid groups (broad SMARTS) is 1. The minimum atomic E-state index is -0.931. The SMILES string of the molecule is CCCN(CCC(=O)NC(=O)NCc1ccccc1)CC(=O)O. The molecule has 0 fully saturated rings. The fraction of sp³-hybridized carbons (Fsp3) is 0.438. The number of nitrogens with zero attached hydrogens (tertiary/aromatic N) is 1. The second-order valence-electron chi connectivity index (χ2n) is 5.14. The first-order valence-electron chi connectivity index (χ1n) is 7.57. The predicted molar refractivity (Wildman–Crippen MR) is 85.8 cm³/mol. The minimum Gasteiger partial charge on any atom is -0.480 e. The molecule has 0 aliphatic carbocycles. The van der Waals surface area contributed by atoms with Gasteiger partial charge < -0.3 is 10.4 Å². The van der Waals surface area contributed by atoms with Crippen LogP contribution in [0.15, 0.2) is 30.3 Å². The Kier molecular flexibility index (Phi) is 8.38. The van der Waals surface area contributed by atoms with Gasteiger partial charge in [0, 0.05) is 19.5 Å². The number of hydrogen-bond donors (Lipinski definition) is 3. The summed E-state index contributed by atoms with van der Waals surface area (Å²) in [4.78, 5) is 35.7. The van der Waals surface area contributed by atoms with Gasteiger partial charge in [-0.25, -0.2) is 4.79 Å². The zero-order chi connectivity index (χ0) is 17.1. The molecule has 3 N–H and O–H groups in total. The number of amides is 3. The van der Waals surface area contributed by atoms with Crippen LogP contribution in [0.1, 0.15) is 25.3 Å². The van der Waals surface area contributed by atoms with Crippen molar-refractivity contribution >= 4 is 17.9 Å². The molecule has 0 atom stereocenters. The number of urea groups is 1. The van der Waals surface area contributed by atoms with Gasteiger partial charge in [0.25, 0.3) is 0 Å². The van der Waals surface area contributed by atoms with E-state index in [1.54, 1.807) is 4.90 Å². The van der Waals surface area contributed by atoms with Gasteiger partial charge in [-0.1, -0.05) is 37.3 Å². The molecule has 1 aromatic rings. The van der Waals surface area contributed by atoms with Gasteiger partial charge in [0.15, 0.2) is 0 Å². The van der Waals surface area contributed by atoms with Crippen LogP contribution in [-0.4, -0.2) is 47.5 Å². The highest BCUT2D eigenvalue weighted by atomic mass is 16.4. The minimum absolute atomic E-state index is 0.0754. The fourth-order valence-electron chi connectivity index (χ4n) is 2.05. The number of rotatable bonds is 9. The van der Waals surface area contributed by atoms with E-state index >= 15 is 0 Å². The highest BCUT2D eigenvalue weighted by Crippen LogP contribution is 1.97. The van der Waals surface area contributed by atoms with Crippen LogP contribution in [0.2, 0.25) is 0 Å². The third-order valence-corrected chi connectivity index (χ3v) is 3.10. The molecule has 0 saturated heterocycles. The van der Waals surface area contributed by atoms with E-state index in [2.05, 4.69) is 10.6 Å². The van der Waals surface area contributed by atoms with Gasteiger partial charge in [-0.15, -0.1) is 0 Å². The summed E-state index contributed by atoms with van der Waals surface area (Å²) in [7, 11) is 0.